The Kier molecular flexibility index (Phi) is 5.82. The van der Waals surface area contributed by atoms with Crippen molar-refractivity contribution in [1.29, 1.82) is 0 Å². The normalized spacial score (nSPS) is 14.9. The Morgan fingerprint density at radius 2 is 1.97 bits per heavy atom. The number of anilines is 1. The third-order valence-corrected chi connectivity index (χ3v) is 6.74. The molecular weight excluding hydrogens is 441 g/mol. The Morgan fingerprint density at radius 3 is 2.65 bits per heavy atom. The second kappa shape index (κ2) is 8.40. The minimum absolute atomic E-state index is 0.0892. The molecule has 0 spiro atoms. The molecule has 1 unspecified atom stereocenters. The Hall–Kier alpha value is -2.76. The Labute approximate surface area is 183 Å². The van der Waals surface area contributed by atoms with Crippen molar-refractivity contribution in [2.45, 2.75) is 41.1 Å². The molecule has 11 heteroatoms. The number of benzene rings is 2. The minimum atomic E-state index is -3.87. The number of nitrogens with two attached hydrogens (primary N) is 1. The molecule has 1 fully saturated rings. The summed E-state index contributed by atoms with van der Waals surface area (Å²) in [7, 11) is -3.87. The van der Waals surface area contributed by atoms with Gasteiger partial charge in [-0.05, 0) is 50.1 Å². The number of amides is 1. The lowest BCUT2D eigenvalue weighted by atomic mass is 10.2. The maximum atomic E-state index is 14.3. The predicted octanol–water partition coefficient (Wildman–Crippen LogP) is 3.19. The van der Waals surface area contributed by atoms with E-state index in [2.05, 4.69) is 15.5 Å². The number of aromatic nitrogens is 3. The number of hydrogen-bond donors (Lipinski definition) is 2. The first-order valence-corrected chi connectivity index (χ1v) is 12.0. The number of rotatable bonds is 7. The zero-order valence-corrected chi connectivity index (χ0v) is 18.2. The average Bonchev–Trinajstić information content (AvgIpc) is 3.48. The molecule has 162 valence electrons. The number of halogens is 1. The van der Waals surface area contributed by atoms with Crippen molar-refractivity contribution in [1.82, 2.24) is 14.8 Å². The number of carbonyl (C=O) groups is 1. The van der Waals surface area contributed by atoms with Crippen LogP contribution < -0.4 is 10.5 Å². The SMILES string of the molecule is CC(Sc1nnc(-c2ccccc2F)n1C1CC1)C(=O)Nc1cccc(S(N)(=O)=O)c1. The molecule has 1 aromatic heterocycles. The smallest absolute Gasteiger partial charge is 0.238 e. The minimum Gasteiger partial charge on any atom is -0.325 e. The van der Waals surface area contributed by atoms with Gasteiger partial charge in [-0.3, -0.25) is 9.36 Å². The standard InChI is InChI=1S/C20H20FN5O3S2/c1-12(19(27)23-13-5-4-6-15(11-13)31(22,28)29)30-20-25-24-18(26(20)14-9-10-14)16-7-2-3-8-17(16)21/h2-8,11-12,14H,9-10H2,1H3,(H,23,27)(H2,22,28,29). The number of sulfonamides is 1. The first-order chi connectivity index (χ1) is 14.7. The van der Waals surface area contributed by atoms with Crippen molar-refractivity contribution < 1.29 is 17.6 Å². The number of primary sulfonamides is 1. The van der Waals surface area contributed by atoms with Crippen molar-refractivity contribution in [2.75, 3.05) is 5.32 Å². The molecule has 0 radical (unpaired) electrons. The lowest BCUT2D eigenvalue weighted by Crippen LogP contribution is -2.23. The van der Waals surface area contributed by atoms with E-state index in [0.717, 1.165) is 12.8 Å². The highest BCUT2D eigenvalue weighted by atomic mass is 32.2. The van der Waals surface area contributed by atoms with Gasteiger partial charge in [0.05, 0.1) is 15.7 Å². The Morgan fingerprint density at radius 1 is 1.23 bits per heavy atom. The second-order valence-electron chi connectivity index (χ2n) is 7.21. The number of thioether (sulfide) groups is 1. The van der Waals surface area contributed by atoms with Crippen LogP contribution in [0.3, 0.4) is 0 Å². The summed E-state index contributed by atoms with van der Waals surface area (Å²) in [6.07, 6.45) is 1.88. The van der Waals surface area contributed by atoms with Gasteiger partial charge in [0, 0.05) is 11.7 Å². The van der Waals surface area contributed by atoms with E-state index >= 15 is 0 Å². The summed E-state index contributed by atoms with van der Waals surface area (Å²) in [5.41, 5.74) is 0.686. The summed E-state index contributed by atoms with van der Waals surface area (Å²) in [5.74, 6) is -0.278. The van der Waals surface area contributed by atoms with E-state index in [1.807, 2.05) is 4.57 Å². The van der Waals surface area contributed by atoms with E-state index in [-0.39, 0.29) is 22.7 Å². The van der Waals surface area contributed by atoms with Crippen LogP contribution in [0.15, 0.2) is 58.6 Å². The van der Waals surface area contributed by atoms with E-state index in [1.54, 1.807) is 31.2 Å². The third kappa shape index (κ3) is 4.78. The first kappa shape index (κ1) is 21.5. The molecule has 8 nitrogen and oxygen atoms in total. The van der Waals surface area contributed by atoms with Crippen LogP contribution in [0, 0.1) is 5.82 Å². The Bertz CT molecular complexity index is 1240. The maximum absolute atomic E-state index is 14.3. The van der Waals surface area contributed by atoms with E-state index in [0.29, 0.717) is 22.2 Å². The molecule has 31 heavy (non-hydrogen) atoms. The number of hydrogen-bond acceptors (Lipinski definition) is 6. The highest BCUT2D eigenvalue weighted by Crippen LogP contribution is 2.42. The van der Waals surface area contributed by atoms with Gasteiger partial charge in [0.25, 0.3) is 0 Å². The highest BCUT2D eigenvalue weighted by Gasteiger charge is 2.32. The zero-order chi connectivity index (χ0) is 22.2. The second-order valence-corrected chi connectivity index (χ2v) is 10.1. The van der Waals surface area contributed by atoms with Crippen LogP contribution in [0.5, 0.6) is 0 Å². The monoisotopic (exact) mass is 461 g/mol. The van der Waals surface area contributed by atoms with Gasteiger partial charge in [-0.25, -0.2) is 17.9 Å². The summed E-state index contributed by atoms with van der Waals surface area (Å²) in [6, 6.07) is 12.3. The number of nitrogens with zero attached hydrogens (tertiary/aromatic N) is 3. The quantitative estimate of drug-likeness (QED) is 0.522. The zero-order valence-electron chi connectivity index (χ0n) is 16.5. The van der Waals surface area contributed by atoms with Crippen molar-refractivity contribution in [3.8, 4) is 11.4 Å². The highest BCUT2D eigenvalue weighted by molar-refractivity contribution is 8.00. The molecule has 2 aromatic carbocycles. The van der Waals surface area contributed by atoms with Gasteiger partial charge >= 0.3 is 0 Å². The van der Waals surface area contributed by atoms with E-state index < -0.39 is 15.3 Å². The number of nitrogens with one attached hydrogen (secondary N) is 1. The van der Waals surface area contributed by atoms with Gasteiger partial charge in [0.1, 0.15) is 5.82 Å². The van der Waals surface area contributed by atoms with Crippen molar-refractivity contribution >= 4 is 33.4 Å². The predicted molar refractivity (Wildman–Crippen MR) is 115 cm³/mol. The third-order valence-electron chi connectivity index (χ3n) is 4.77. The van der Waals surface area contributed by atoms with Crippen LogP contribution in [0.25, 0.3) is 11.4 Å². The van der Waals surface area contributed by atoms with Crippen LogP contribution in [0.1, 0.15) is 25.8 Å². The molecule has 1 aliphatic rings. The summed E-state index contributed by atoms with van der Waals surface area (Å²) >= 11 is 1.21. The fourth-order valence-corrected chi connectivity index (χ4v) is 4.53. The van der Waals surface area contributed by atoms with Gasteiger partial charge in [-0.2, -0.15) is 0 Å². The van der Waals surface area contributed by atoms with Crippen LogP contribution in [-0.2, 0) is 14.8 Å². The summed E-state index contributed by atoms with van der Waals surface area (Å²) in [5, 5.41) is 16.2. The van der Waals surface area contributed by atoms with E-state index in [1.165, 1.54) is 36.0 Å². The molecule has 1 atom stereocenters. The fourth-order valence-electron chi connectivity index (χ4n) is 3.05. The molecule has 1 aliphatic carbocycles. The molecule has 0 bridgehead atoms. The Balaban J connectivity index is 1.53. The molecule has 1 amide bonds. The fraction of sp³-hybridized carbons (Fsp3) is 0.250. The van der Waals surface area contributed by atoms with Gasteiger partial charge in [0.2, 0.25) is 15.9 Å². The molecule has 1 saturated carbocycles. The summed E-state index contributed by atoms with van der Waals surface area (Å²) in [4.78, 5) is 12.6. The van der Waals surface area contributed by atoms with E-state index in [4.69, 9.17) is 5.14 Å². The van der Waals surface area contributed by atoms with Gasteiger partial charge in [-0.15, -0.1) is 10.2 Å². The van der Waals surface area contributed by atoms with Gasteiger partial charge in [-0.1, -0.05) is 30.0 Å². The van der Waals surface area contributed by atoms with Crippen LogP contribution in [-0.4, -0.2) is 34.3 Å². The first-order valence-electron chi connectivity index (χ1n) is 9.54. The van der Waals surface area contributed by atoms with Gasteiger partial charge < -0.3 is 5.32 Å². The van der Waals surface area contributed by atoms with Crippen molar-refractivity contribution in [3.63, 3.8) is 0 Å². The largest absolute Gasteiger partial charge is 0.325 e. The van der Waals surface area contributed by atoms with Gasteiger partial charge in [0.15, 0.2) is 11.0 Å². The molecular formula is C20H20FN5O3S2. The van der Waals surface area contributed by atoms with Crippen LogP contribution in [0.4, 0.5) is 10.1 Å². The summed E-state index contributed by atoms with van der Waals surface area (Å²) in [6.45, 7) is 1.71. The van der Waals surface area contributed by atoms with E-state index in [9.17, 15) is 17.6 Å². The molecule has 4 rings (SSSR count). The molecule has 1 heterocycles. The molecule has 0 aliphatic heterocycles. The van der Waals surface area contributed by atoms with Crippen molar-refractivity contribution in [3.05, 3.63) is 54.3 Å². The molecule has 3 N–H and O–H groups in total. The van der Waals surface area contributed by atoms with Crippen molar-refractivity contribution in [2.24, 2.45) is 5.14 Å². The summed E-state index contributed by atoms with van der Waals surface area (Å²) < 4.78 is 39.2. The topological polar surface area (TPSA) is 120 Å². The lowest BCUT2D eigenvalue weighted by molar-refractivity contribution is -0.115. The van der Waals surface area contributed by atoms with Crippen LogP contribution >= 0.6 is 11.8 Å². The maximum Gasteiger partial charge on any atom is 0.238 e. The van der Waals surface area contributed by atoms with Crippen LogP contribution in [0.2, 0.25) is 0 Å². The lowest BCUT2D eigenvalue weighted by Gasteiger charge is -2.14. The molecule has 3 aromatic rings. The molecule has 0 saturated heterocycles. The number of carbonyl (C=O) groups excluding carboxylic acids is 1. The average molecular weight is 462 g/mol.